The Bertz CT molecular complexity index is 1060. The van der Waals surface area contributed by atoms with Crippen LogP contribution in [0.25, 0.3) is 0 Å². The summed E-state index contributed by atoms with van der Waals surface area (Å²) in [7, 11) is 0. The summed E-state index contributed by atoms with van der Waals surface area (Å²) < 4.78 is 33.4. The molecular weight excluding hydrogens is 458 g/mol. The summed E-state index contributed by atoms with van der Waals surface area (Å²) in [4.78, 5) is 24.6. The second kappa shape index (κ2) is 9.98. The van der Waals surface area contributed by atoms with Crippen molar-refractivity contribution in [3.63, 3.8) is 0 Å². The largest absolute Gasteiger partial charge is 0.483 e. The fourth-order valence-electron chi connectivity index (χ4n) is 2.60. The molecule has 0 heterocycles. The molecule has 0 fully saturated rings. The Morgan fingerprint density at radius 2 is 1.70 bits per heavy atom. The zero-order chi connectivity index (χ0) is 21.5. The molecule has 0 spiro atoms. The maximum atomic E-state index is 13.7. The lowest BCUT2D eigenvalue weighted by molar-refractivity contribution is -0.118. The highest BCUT2D eigenvalue weighted by molar-refractivity contribution is 9.10. The first-order valence-electron chi connectivity index (χ1n) is 8.92. The molecule has 0 saturated heterocycles. The van der Waals surface area contributed by atoms with Crippen LogP contribution >= 0.6 is 15.9 Å². The van der Waals surface area contributed by atoms with Crippen molar-refractivity contribution in [1.29, 1.82) is 0 Å². The average molecular weight is 475 g/mol. The van der Waals surface area contributed by atoms with Crippen LogP contribution in [0.4, 0.5) is 14.5 Å². The summed E-state index contributed by atoms with van der Waals surface area (Å²) >= 11 is 3.31. The number of carbonyl (C=O) groups excluding carboxylic acids is 2. The van der Waals surface area contributed by atoms with Crippen LogP contribution < -0.4 is 15.4 Å². The second-order valence-electron chi connectivity index (χ2n) is 6.26. The molecule has 2 amide bonds. The lowest BCUT2D eigenvalue weighted by Gasteiger charge is -2.12. The van der Waals surface area contributed by atoms with Crippen LogP contribution in [0.5, 0.6) is 5.75 Å². The van der Waals surface area contributed by atoms with Crippen LogP contribution in [0.1, 0.15) is 15.9 Å². The zero-order valence-corrected chi connectivity index (χ0v) is 17.2. The van der Waals surface area contributed by atoms with Crippen molar-refractivity contribution in [2.45, 2.75) is 6.54 Å². The first kappa shape index (κ1) is 21.4. The molecule has 0 unspecified atom stereocenters. The second-order valence-corrected chi connectivity index (χ2v) is 7.17. The van der Waals surface area contributed by atoms with Gasteiger partial charge in [-0.1, -0.05) is 28.1 Å². The molecule has 0 bridgehead atoms. The third-order valence-electron chi connectivity index (χ3n) is 4.07. The lowest BCUT2D eigenvalue weighted by atomic mass is 10.1. The van der Waals surface area contributed by atoms with Crippen molar-refractivity contribution >= 4 is 33.4 Å². The van der Waals surface area contributed by atoms with E-state index in [4.69, 9.17) is 4.74 Å². The molecule has 8 heteroatoms. The van der Waals surface area contributed by atoms with Gasteiger partial charge in [0.05, 0.1) is 5.56 Å². The summed E-state index contributed by atoms with van der Waals surface area (Å²) in [5.74, 6) is -1.95. The number of hydrogen-bond donors (Lipinski definition) is 2. The molecular formula is C22H17BrF2N2O3. The predicted octanol–water partition coefficient (Wildman–Crippen LogP) is 4.67. The molecule has 2 N–H and O–H groups in total. The minimum Gasteiger partial charge on any atom is -0.483 e. The molecule has 3 rings (SSSR count). The molecule has 30 heavy (non-hydrogen) atoms. The molecule has 0 aromatic heterocycles. The summed E-state index contributed by atoms with van der Waals surface area (Å²) in [6.07, 6.45) is 0. The number of carbonyl (C=O) groups is 2. The van der Waals surface area contributed by atoms with E-state index in [0.717, 1.165) is 22.7 Å². The van der Waals surface area contributed by atoms with Gasteiger partial charge < -0.3 is 15.4 Å². The number of rotatable bonds is 7. The predicted molar refractivity (Wildman–Crippen MR) is 112 cm³/mol. The van der Waals surface area contributed by atoms with E-state index in [-0.39, 0.29) is 30.0 Å². The number of nitrogens with one attached hydrogen (secondary N) is 2. The summed E-state index contributed by atoms with van der Waals surface area (Å²) in [6, 6.07) is 16.4. The number of anilines is 1. The molecule has 154 valence electrons. The van der Waals surface area contributed by atoms with Crippen molar-refractivity contribution in [3.05, 3.63) is 94.0 Å². The van der Waals surface area contributed by atoms with E-state index >= 15 is 0 Å². The standard InChI is InChI=1S/C22H17BrF2N2O3/c23-15-5-8-17(9-6-15)27-21(28)13-30-20-4-2-1-3-18(20)22(29)26-12-14-11-16(24)7-10-19(14)25/h1-11H,12-13H2,(H,26,29)(H,27,28). The van der Waals surface area contributed by atoms with Gasteiger partial charge in [0.15, 0.2) is 6.61 Å². The van der Waals surface area contributed by atoms with E-state index in [0.29, 0.717) is 5.69 Å². The number of hydrogen-bond acceptors (Lipinski definition) is 3. The SMILES string of the molecule is O=C(COc1ccccc1C(=O)NCc1cc(F)ccc1F)Nc1ccc(Br)cc1. The van der Waals surface area contributed by atoms with Crippen molar-refractivity contribution in [2.24, 2.45) is 0 Å². The minimum absolute atomic E-state index is 0.0237. The van der Waals surface area contributed by atoms with Gasteiger partial charge in [0.2, 0.25) is 0 Å². The topological polar surface area (TPSA) is 67.4 Å². The van der Waals surface area contributed by atoms with Gasteiger partial charge in [-0.25, -0.2) is 8.78 Å². The van der Waals surface area contributed by atoms with Crippen molar-refractivity contribution in [1.82, 2.24) is 5.32 Å². The van der Waals surface area contributed by atoms with Crippen LogP contribution in [0.15, 0.2) is 71.2 Å². The van der Waals surface area contributed by atoms with E-state index in [9.17, 15) is 18.4 Å². The highest BCUT2D eigenvalue weighted by Gasteiger charge is 2.14. The third kappa shape index (κ3) is 5.87. The molecule has 0 atom stereocenters. The van der Waals surface area contributed by atoms with Gasteiger partial charge >= 0.3 is 0 Å². The molecule has 0 aliphatic rings. The van der Waals surface area contributed by atoms with E-state index in [1.54, 1.807) is 42.5 Å². The summed E-state index contributed by atoms with van der Waals surface area (Å²) in [5.41, 5.74) is 0.802. The van der Waals surface area contributed by atoms with Gasteiger partial charge in [-0.3, -0.25) is 9.59 Å². The molecule has 3 aromatic carbocycles. The van der Waals surface area contributed by atoms with E-state index < -0.39 is 23.4 Å². The van der Waals surface area contributed by atoms with Gasteiger partial charge in [0.1, 0.15) is 17.4 Å². The van der Waals surface area contributed by atoms with Crippen molar-refractivity contribution in [3.8, 4) is 5.75 Å². The van der Waals surface area contributed by atoms with Crippen LogP contribution in [-0.4, -0.2) is 18.4 Å². The van der Waals surface area contributed by atoms with E-state index in [2.05, 4.69) is 26.6 Å². The minimum atomic E-state index is -0.620. The maximum Gasteiger partial charge on any atom is 0.262 e. The quantitative estimate of drug-likeness (QED) is 0.522. The van der Waals surface area contributed by atoms with Crippen LogP contribution in [0.2, 0.25) is 0 Å². The number of para-hydroxylation sites is 1. The van der Waals surface area contributed by atoms with E-state index in [1.165, 1.54) is 6.07 Å². The van der Waals surface area contributed by atoms with Crippen LogP contribution in [0, 0.1) is 11.6 Å². The molecule has 0 saturated carbocycles. The van der Waals surface area contributed by atoms with Gasteiger partial charge in [-0.15, -0.1) is 0 Å². The van der Waals surface area contributed by atoms with Crippen LogP contribution in [-0.2, 0) is 11.3 Å². The number of ether oxygens (including phenoxy) is 1. The number of amides is 2. The monoisotopic (exact) mass is 474 g/mol. The first-order valence-corrected chi connectivity index (χ1v) is 9.71. The van der Waals surface area contributed by atoms with Gasteiger partial charge in [-0.2, -0.15) is 0 Å². The first-order chi connectivity index (χ1) is 14.4. The Balaban J connectivity index is 1.60. The zero-order valence-electron chi connectivity index (χ0n) is 15.6. The van der Waals surface area contributed by atoms with Gasteiger partial charge in [0, 0.05) is 22.3 Å². The normalized spacial score (nSPS) is 10.4. The smallest absolute Gasteiger partial charge is 0.262 e. The fraction of sp³-hybridized carbons (Fsp3) is 0.0909. The molecule has 0 radical (unpaired) electrons. The highest BCUT2D eigenvalue weighted by Crippen LogP contribution is 2.19. The van der Waals surface area contributed by atoms with Gasteiger partial charge in [-0.05, 0) is 54.6 Å². The Morgan fingerprint density at radius 3 is 2.47 bits per heavy atom. The number of halogens is 3. The maximum absolute atomic E-state index is 13.7. The average Bonchev–Trinajstić information content (AvgIpc) is 2.74. The third-order valence-corrected chi connectivity index (χ3v) is 4.59. The van der Waals surface area contributed by atoms with E-state index in [1.807, 2.05) is 0 Å². The molecule has 5 nitrogen and oxygen atoms in total. The Kier molecular flexibility index (Phi) is 7.13. The Morgan fingerprint density at radius 1 is 0.967 bits per heavy atom. The highest BCUT2D eigenvalue weighted by atomic mass is 79.9. The Hall–Kier alpha value is -3.26. The van der Waals surface area contributed by atoms with Crippen LogP contribution in [0.3, 0.4) is 0 Å². The Labute approximate surface area is 180 Å². The molecule has 3 aromatic rings. The summed E-state index contributed by atoms with van der Waals surface area (Å²) in [5, 5.41) is 5.21. The van der Waals surface area contributed by atoms with Gasteiger partial charge in [0.25, 0.3) is 11.8 Å². The molecule has 0 aliphatic carbocycles. The molecule has 0 aliphatic heterocycles. The fourth-order valence-corrected chi connectivity index (χ4v) is 2.87. The lowest BCUT2D eigenvalue weighted by Crippen LogP contribution is -2.25. The number of benzene rings is 3. The summed E-state index contributed by atoms with van der Waals surface area (Å²) in [6.45, 7) is -0.500. The van der Waals surface area contributed by atoms with Crippen molar-refractivity contribution in [2.75, 3.05) is 11.9 Å². The van der Waals surface area contributed by atoms with Crippen molar-refractivity contribution < 1.29 is 23.1 Å².